The first-order chi connectivity index (χ1) is 9.26. The summed E-state index contributed by atoms with van der Waals surface area (Å²) >= 11 is 0. The molecule has 20 heavy (non-hydrogen) atoms. The molecule has 0 aliphatic carbocycles. The molecule has 1 amide bonds. The zero-order valence-electron chi connectivity index (χ0n) is 11.9. The second-order valence-electron chi connectivity index (χ2n) is 5.96. The molecule has 108 valence electrons. The summed E-state index contributed by atoms with van der Waals surface area (Å²) in [6.07, 6.45) is 0.983. The minimum atomic E-state index is -0.816. The molecule has 2 N–H and O–H groups in total. The Morgan fingerprint density at radius 1 is 1.40 bits per heavy atom. The normalized spacial score (nSPS) is 18.8. The number of hydrogen-bond acceptors (Lipinski definition) is 4. The van der Waals surface area contributed by atoms with Crippen molar-refractivity contribution in [2.75, 3.05) is 5.32 Å². The minimum Gasteiger partial charge on any atom is -0.508 e. The molecular weight excluding hydrogens is 258 g/mol. The molecule has 1 aromatic rings. The van der Waals surface area contributed by atoms with Gasteiger partial charge in [-0.3, -0.25) is 9.59 Å². The van der Waals surface area contributed by atoms with Crippen molar-refractivity contribution in [3.63, 3.8) is 0 Å². The Morgan fingerprint density at radius 3 is 2.75 bits per heavy atom. The Labute approximate surface area is 117 Å². The van der Waals surface area contributed by atoms with Gasteiger partial charge in [0.25, 0.3) is 0 Å². The van der Waals surface area contributed by atoms with Gasteiger partial charge in [-0.2, -0.15) is 0 Å². The highest BCUT2D eigenvalue weighted by atomic mass is 16.6. The first-order valence-electron chi connectivity index (χ1n) is 6.62. The maximum Gasteiger partial charge on any atom is 0.319 e. The van der Waals surface area contributed by atoms with Gasteiger partial charge in [0.05, 0.1) is 0 Å². The van der Waals surface area contributed by atoms with Crippen LogP contribution in [-0.2, 0) is 20.7 Å². The Hall–Kier alpha value is -2.04. The lowest BCUT2D eigenvalue weighted by Gasteiger charge is -2.22. The van der Waals surface area contributed by atoms with Gasteiger partial charge in [0, 0.05) is 11.8 Å². The van der Waals surface area contributed by atoms with E-state index in [0.717, 1.165) is 5.56 Å². The molecule has 5 heteroatoms. The summed E-state index contributed by atoms with van der Waals surface area (Å²) < 4.78 is 5.28. The van der Waals surface area contributed by atoms with Crippen molar-refractivity contribution in [1.29, 1.82) is 0 Å². The SMILES string of the molecule is CC(C)(C)OC(=O)[C@@H]1CCc2ccc(O)cc2NC1=O. The Balaban J connectivity index is 2.18. The molecule has 1 aliphatic heterocycles. The van der Waals surface area contributed by atoms with E-state index in [9.17, 15) is 14.7 Å². The molecule has 0 fully saturated rings. The quantitative estimate of drug-likeness (QED) is 0.609. The van der Waals surface area contributed by atoms with Gasteiger partial charge >= 0.3 is 5.97 Å². The largest absolute Gasteiger partial charge is 0.508 e. The number of aryl methyl sites for hydroxylation is 1. The highest BCUT2D eigenvalue weighted by molar-refractivity contribution is 6.05. The summed E-state index contributed by atoms with van der Waals surface area (Å²) in [5.41, 5.74) is 0.845. The second-order valence-corrected chi connectivity index (χ2v) is 5.96. The van der Waals surface area contributed by atoms with Crippen molar-refractivity contribution in [2.45, 2.75) is 39.2 Å². The van der Waals surface area contributed by atoms with E-state index < -0.39 is 17.5 Å². The van der Waals surface area contributed by atoms with Crippen LogP contribution < -0.4 is 5.32 Å². The van der Waals surface area contributed by atoms with E-state index in [4.69, 9.17) is 4.74 Å². The minimum absolute atomic E-state index is 0.0831. The maximum atomic E-state index is 12.1. The summed E-state index contributed by atoms with van der Waals surface area (Å²) in [7, 11) is 0. The molecular formula is C15H19NO4. The first kappa shape index (κ1) is 14.4. The molecule has 0 saturated carbocycles. The summed E-state index contributed by atoms with van der Waals surface area (Å²) in [4.78, 5) is 24.2. The van der Waals surface area contributed by atoms with Crippen LogP contribution in [0.5, 0.6) is 5.75 Å². The first-order valence-corrected chi connectivity index (χ1v) is 6.62. The number of carbonyl (C=O) groups excluding carboxylic acids is 2. The number of rotatable bonds is 1. The van der Waals surface area contributed by atoms with Gasteiger partial charge in [-0.25, -0.2) is 0 Å². The van der Waals surface area contributed by atoms with Crippen LogP contribution in [0.4, 0.5) is 5.69 Å². The van der Waals surface area contributed by atoms with Crippen LogP contribution in [0, 0.1) is 5.92 Å². The third-order valence-electron chi connectivity index (χ3n) is 3.06. The topological polar surface area (TPSA) is 75.6 Å². The van der Waals surface area contributed by atoms with Gasteiger partial charge in [-0.1, -0.05) is 6.07 Å². The van der Waals surface area contributed by atoms with Crippen LogP contribution in [0.3, 0.4) is 0 Å². The summed E-state index contributed by atoms with van der Waals surface area (Å²) in [5, 5.41) is 12.1. The fourth-order valence-corrected chi connectivity index (χ4v) is 2.15. The van der Waals surface area contributed by atoms with Gasteiger partial charge < -0.3 is 15.2 Å². The average Bonchev–Trinajstić information content (AvgIpc) is 2.44. The number of aromatic hydroxyl groups is 1. The second kappa shape index (κ2) is 5.15. The molecule has 0 unspecified atom stereocenters. The number of ether oxygens (including phenoxy) is 1. The third kappa shape index (κ3) is 3.29. The van der Waals surface area contributed by atoms with Crippen LogP contribution >= 0.6 is 0 Å². The van der Waals surface area contributed by atoms with Crippen LogP contribution in [0.2, 0.25) is 0 Å². The maximum absolute atomic E-state index is 12.1. The number of esters is 1. The highest BCUT2D eigenvalue weighted by Crippen LogP contribution is 2.28. The van der Waals surface area contributed by atoms with E-state index in [0.29, 0.717) is 18.5 Å². The number of carbonyl (C=O) groups is 2. The molecule has 0 aromatic heterocycles. The van der Waals surface area contributed by atoms with Gasteiger partial charge in [-0.15, -0.1) is 0 Å². The predicted octanol–water partition coefficient (Wildman–Crippen LogP) is 2.23. The Morgan fingerprint density at radius 2 is 2.10 bits per heavy atom. The number of fused-ring (bicyclic) bond motifs is 1. The fraction of sp³-hybridized carbons (Fsp3) is 0.467. The van der Waals surface area contributed by atoms with Crippen LogP contribution in [-0.4, -0.2) is 22.6 Å². The average molecular weight is 277 g/mol. The molecule has 0 spiro atoms. The van der Waals surface area contributed by atoms with E-state index in [-0.39, 0.29) is 11.7 Å². The number of phenols is 1. The van der Waals surface area contributed by atoms with Crippen molar-refractivity contribution < 1.29 is 19.4 Å². The van der Waals surface area contributed by atoms with Crippen LogP contribution in [0.1, 0.15) is 32.8 Å². The number of phenolic OH excluding ortho intramolecular Hbond substituents is 1. The number of nitrogens with one attached hydrogen (secondary N) is 1. The zero-order chi connectivity index (χ0) is 14.9. The van der Waals surface area contributed by atoms with E-state index in [1.807, 2.05) is 0 Å². The molecule has 1 heterocycles. The van der Waals surface area contributed by atoms with E-state index in [2.05, 4.69) is 5.32 Å². The van der Waals surface area contributed by atoms with Gasteiger partial charge in [0.2, 0.25) is 5.91 Å². The van der Waals surface area contributed by atoms with Crippen molar-refractivity contribution in [3.8, 4) is 5.75 Å². The van der Waals surface area contributed by atoms with Crippen LogP contribution in [0.15, 0.2) is 18.2 Å². The van der Waals surface area contributed by atoms with Gasteiger partial charge in [-0.05, 0) is 45.2 Å². The Kier molecular flexibility index (Phi) is 3.70. The summed E-state index contributed by atoms with van der Waals surface area (Å²) in [6.45, 7) is 5.31. The van der Waals surface area contributed by atoms with Crippen molar-refractivity contribution in [1.82, 2.24) is 0 Å². The molecule has 0 saturated heterocycles. The number of amides is 1. The molecule has 5 nitrogen and oxygen atoms in total. The van der Waals surface area contributed by atoms with E-state index in [1.165, 1.54) is 6.07 Å². The Bertz CT molecular complexity index is 545. The standard InChI is InChI=1S/C15H19NO4/c1-15(2,3)20-14(19)11-7-5-9-4-6-10(17)8-12(9)16-13(11)18/h4,6,8,11,17H,5,7H2,1-3H3,(H,16,18)/t11-/m1/s1. The smallest absolute Gasteiger partial charge is 0.319 e. The summed E-state index contributed by atoms with van der Waals surface area (Å²) in [5.74, 6) is -1.63. The number of benzene rings is 1. The molecule has 1 atom stereocenters. The predicted molar refractivity (Wildman–Crippen MR) is 74.4 cm³/mol. The molecule has 1 aromatic carbocycles. The fourth-order valence-electron chi connectivity index (χ4n) is 2.15. The lowest BCUT2D eigenvalue weighted by molar-refractivity contribution is -0.161. The lowest BCUT2D eigenvalue weighted by atomic mass is 10.00. The molecule has 1 aliphatic rings. The van der Waals surface area contributed by atoms with Crippen molar-refractivity contribution >= 4 is 17.6 Å². The molecule has 0 bridgehead atoms. The highest BCUT2D eigenvalue weighted by Gasteiger charge is 2.33. The molecule has 2 rings (SSSR count). The third-order valence-corrected chi connectivity index (χ3v) is 3.06. The van der Waals surface area contributed by atoms with Crippen molar-refractivity contribution in [3.05, 3.63) is 23.8 Å². The number of hydrogen-bond donors (Lipinski definition) is 2. The zero-order valence-corrected chi connectivity index (χ0v) is 11.9. The van der Waals surface area contributed by atoms with E-state index in [1.54, 1.807) is 32.9 Å². The van der Waals surface area contributed by atoms with Gasteiger partial charge in [0.15, 0.2) is 0 Å². The van der Waals surface area contributed by atoms with Crippen LogP contribution in [0.25, 0.3) is 0 Å². The number of anilines is 1. The van der Waals surface area contributed by atoms with Crippen molar-refractivity contribution in [2.24, 2.45) is 5.92 Å². The van der Waals surface area contributed by atoms with Gasteiger partial charge in [0.1, 0.15) is 17.3 Å². The molecule has 0 radical (unpaired) electrons. The van der Waals surface area contributed by atoms with E-state index >= 15 is 0 Å². The monoisotopic (exact) mass is 277 g/mol. The lowest BCUT2D eigenvalue weighted by Crippen LogP contribution is -2.35. The summed E-state index contributed by atoms with van der Waals surface area (Å²) in [6, 6.07) is 4.81.